The number of methoxy groups -OCH3 is 1. The lowest BCUT2D eigenvalue weighted by Gasteiger charge is -2.25. The zero-order valence-electron chi connectivity index (χ0n) is 20.0. The van der Waals surface area contributed by atoms with E-state index in [1.165, 1.54) is 12.1 Å². The molecule has 0 radical (unpaired) electrons. The second-order valence-corrected chi connectivity index (χ2v) is 9.21. The first kappa shape index (κ1) is 27.6. The van der Waals surface area contributed by atoms with Crippen LogP contribution in [0.2, 0.25) is 5.02 Å². The van der Waals surface area contributed by atoms with Gasteiger partial charge in [0.2, 0.25) is 0 Å². The molecule has 3 N–H and O–H groups in total. The molecule has 0 aliphatic carbocycles. The summed E-state index contributed by atoms with van der Waals surface area (Å²) in [5, 5.41) is 8.82. The number of anilines is 1. The first-order valence-corrected chi connectivity index (χ1v) is 11.8. The van der Waals surface area contributed by atoms with Gasteiger partial charge < -0.3 is 30.2 Å². The van der Waals surface area contributed by atoms with Crippen LogP contribution in [0.5, 0.6) is 11.5 Å². The highest BCUT2D eigenvalue weighted by molar-refractivity contribution is 7.81. The number of carbonyl (C=O) groups is 1. The van der Waals surface area contributed by atoms with Crippen molar-refractivity contribution >= 4 is 40.4 Å². The summed E-state index contributed by atoms with van der Waals surface area (Å²) in [6, 6.07) is 6.25. The molecule has 2 aromatic rings. The topological polar surface area (TPSA) is 93.7 Å². The van der Waals surface area contributed by atoms with Crippen molar-refractivity contribution in [2.45, 2.75) is 39.0 Å². The Hall–Kier alpha value is -3.02. The number of halogens is 3. The molecule has 1 aliphatic rings. The number of alkyl halides is 2. The molecular formula is C24H27ClF2N4O4S. The van der Waals surface area contributed by atoms with Crippen LogP contribution in [0.15, 0.2) is 47.9 Å². The Labute approximate surface area is 218 Å². The average molecular weight is 541 g/mol. The molecular weight excluding hydrogens is 514 g/mol. The number of hydrogen-bond donors (Lipinski definition) is 3. The smallest absolute Gasteiger partial charge is 0.387 e. The number of carbonyl (C=O) groups excluding carboxylic acids is 1. The molecule has 12 heteroatoms. The molecule has 0 spiro atoms. The quantitative estimate of drug-likeness (QED) is 0.360. The van der Waals surface area contributed by atoms with Gasteiger partial charge in [0, 0.05) is 44.1 Å². The highest BCUT2D eigenvalue weighted by Crippen LogP contribution is 2.34. The van der Waals surface area contributed by atoms with Crippen molar-refractivity contribution in [1.29, 1.82) is 0 Å². The van der Waals surface area contributed by atoms with Crippen molar-refractivity contribution in [2.75, 3.05) is 25.6 Å². The molecule has 36 heavy (non-hydrogen) atoms. The fraction of sp³-hybridized carbons (Fsp3) is 0.375. The fourth-order valence-corrected chi connectivity index (χ4v) is 3.81. The molecule has 0 saturated heterocycles. The van der Waals surface area contributed by atoms with Gasteiger partial charge in [-0.1, -0.05) is 29.9 Å². The number of thiocarbonyl (C=S) groups is 1. The van der Waals surface area contributed by atoms with Crippen LogP contribution in [0.25, 0.3) is 0 Å². The molecule has 0 saturated carbocycles. The first-order valence-electron chi connectivity index (χ1n) is 11.0. The molecule has 0 atom stereocenters. The lowest BCUT2D eigenvalue weighted by Crippen LogP contribution is -2.39. The molecule has 1 aromatic carbocycles. The Balaban J connectivity index is 1.81. The van der Waals surface area contributed by atoms with E-state index in [-0.39, 0.29) is 27.0 Å². The van der Waals surface area contributed by atoms with Crippen LogP contribution in [0.3, 0.4) is 0 Å². The maximum atomic E-state index is 12.9. The van der Waals surface area contributed by atoms with Gasteiger partial charge in [-0.25, -0.2) is 0 Å². The van der Waals surface area contributed by atoms with Crippen LogP contribution in [-0.2, 0) is 16.1 Å². The summed E-state index contributed by atoms with van der Waals surface area (Å²) in [6.45, 7) is 1.78. The highest BCUT2D eigenvalue weighted by atomic mass is 35.5. The zero-order chi connectivity index (χ0) is 26.3. The van der Waals surface area contributed by atoms with Gasteiger partial charge >= 0.3 is 6.61 Å². The van der Waals surface area contributed by atoms with Gasteiger partial charge in [-0.15, -0.1) is 0 Å². The first-order chi connectivity index (χ1) is 17.1. The maximum Gasteiger partial charge on any atom is 0.387 e. The molecule has 194 valence electrons. The van der Waals surface area contributed by atoms with Gasteiger partial charge in [0.15, 0.2) is 5.75 Å². The van der Waals surface area contributed by atoms with E-state index in [1.54, 1.807) is 25.6 Å². The van der Waals surface area contributed by atoms with Crippen LogP contribution in [0.4, 0.5) is 14.5 Å². The average Bonchev–Trinajstić information content (AvgIpc) is 2.84. The van der Waals surface area contributed by atoms with E-state index < -0.39 is 18.1 Å². The minimum atomic E-state index is -3.08. The second kappa shape index (κ2) is 12.3. The van der Waals surface area contributed by atoms with Crippen molar-refractivity contribution < 1.29 is 27.8 Å². The van der Waals surface area contributed by atoms with Crippen molar-refractivity contribution in [3.8, 4) is 11.5 Å². The molecule has 2 heterocycles. The van der Waals surface area contributed by atoms with E-state index in [0.717, 1.165) is 5.56 Å². The van der Waals surface area contributed by atoms with Crippen LogP contribution in [-0.4, -0.2) is 48.4 Å². The van der Waals surface area contributed by atoms with Gasteiger partial charge in [-0.3, -0.25) is 9.78 Å². The third kappa shape index (κ3) is 7.25. The number of ether oxygens (including phenoxy) is 3. The Bertz CT molecular complexity index is 1150. The number of benzene rings is 1. The number of amides is 1. The van der Waals surface area contributed by atoms with Gasteiger partial charge in [-0.05, 0) is 32.0 Å². The predicted octanol–water partition coefficient (Wildman–Crippen LogP) is 4.44. The largest absolute Gasteiger partial charge is 0.489 e. The Morgan fingerprint density at radius 1 is 1.33 bits per heavy atom. The zero-order valence-corrected chi connectivity index (χ0v) is 21.6. The summed E-state index contributed by atoms with van der Waals surface area (Å²) in [5.74, 6) is -0.0843. The number of hydrogen-bond acceptors (Lipinski definition) is 7. The minimum absolute atomic E-state index is 0.0228. The number of rotatable bonds is 11. The van der Waals surface area contributed by atoms with Crippen molar-refractivity contribution in [3.63, 3.8) is 0 Å². The van der Waals surface area contributed by atoms with Crippen molar-refractivity contribution in [3.05, 3.63) is 58.5 Å². The molecule has 0 fully saturated rings. The van der Waals surface area contributed by atoms with Crippen molar-refractivity contribution in [1.82, 2.24) is 15.6 Å². The SMILES string of the molecule is COC(C)(C)COc1cnccc1CNC1=C(C(=S)Nc2cccc(Cl)c2OC(F)F)C(=O)NCC1. The fourth-order valence-electron chi connectivity index (χ4n) is 3.27. The third-order valence-corrected chi connectivity index (χ3v) is 5.93. The Morgan fingerprint density at radius 3 is 2.83 bits per heavy atom. The monoisotopic (exact) mass is 540 g/mol. The highest BCUT2D eigenvalue weighted by Gasteiger charge is 2.26. The summed E-state index contributed by atoms with van der Waals surface area (Å²) in [7, 11) is 1.61. The van der Waals surface area contributed by atoms with Gasteiger partial charge in [0.1, 0.15) is 17.3 Å². The van der Waals surface area contributed by atoms with E-state index in [4.69, 9.17) is 33.3 Å². The Kier molecular flexibility index (Phi) is 9.41. The predicted molar refractivity (Wildman–Crippen MR) is 137 cm³/mol. The summed E-state index contributed by atoms with van der Waals surface area (Å²) >= 11 is 11.5. The molecule has 8 nitrogen and oxygen atoms in total. The lowest BCUT2D eigenvalue weighted by molar-refractivity contribution is -0.117. The number of para-hydroxylation sites is 1. The summed E-state index contributed by atoms with van der Waals surface area (Å²) in [6.07, 6.45) is 3.74. The molecule has 1 aliphatic heterocycles. The number of nitrogens with zero attached hydrogens (tertiary/aromatic N) is 1. The van der Waals surface area contributed by atoms with Gasteiger partial charge in [0.25, 0.3) is 5.91 Å². The lowest BCUT2D eigenvalue weighted by atomic mass is 10.1. The van der Waals surface area contributed by atoms with Gasteiger partial charge in [-0.2, -0.15) is 8.78 Å². The summed E-state index contributed by atoms with van der Waals surface area (Å²) in [5.41, 5.74) is 1.23. The Morgan fingerprint density at radius 2 is 2.11 bits per heavy atom. The van der Waals surface area contributed by atoms with E-state index >= 15 is 0 Å². The number of nitrogens with one attached hydrogen (secondary N) is 3. The van der Waals surface area contributed by atoms with E-state index in [0.29, 0.717) is 37.6 Å². The normalized spacial score (nSPS) is 13.9. The summed E-state index contributed by atoms with van der Waals surface area (Å²) in [4.78, 5) is 16.9. The minimum Gasteiger partial charge on any atom is -0.489 e. The summed E-state index contributed by atoms with van der Waals surface area (Å²) < 4.78 is 41.6. The maximum absolute atomic E-state index is 12.9. The second-order valence-electron chi connectivity index (χ2n) is 8.40. The third-order valence-electron chi connectivity index (χ3n) is 5.33. The molecule has 1 amide bonds. The van der Waals surface area contributed by atoms with Crippen LogP contribution in [0.1, 0.15) is 25.8 Å². The molecule has 0 bridgehead atoms. The van der Waals surface area contributed by atoms with E-state index in [9.17, 15) is 13.6 Å². The van der Waals surface area contributed by atoms with Gasteiger partial charge in [0.05, 0.1) is 28.1 Å². The van der Waals surface area contributed by atoms with E-state index in [2.05, 4.69) is 25.7 Å². The van der Waals surface area contributed by atoms with Crippen LogP contribution in [0, 0.1) is 0 Å². The molecule has 3 rings (SSSR count). The molecule has 0 unspecified atom stereocenters. The van der Waals surface area contributed by atoms with E-state index in [1.807, 2.05) is 19.9 Å². The number of aromatic nitrogens is 1. The molecule has 1 aromatic heterocycles. The van der Waals surface area contributed by atoms with Crippen molar-refractivity contribution in [2.24, 2.45) is 0 Å². The number of pyridine rings is 1. The van der Waals surface area contributed by atoms with Crippen LogP contribution >= 0.6 is 23.8 Å². The van der Waals surface area contributed by atoms with Crippen LogP contribution < -0.4 is 25.4 Å². The standard InChI is InChI=1S/C24H27ClF2N4O4S/c1-24(2,33-3)13-34-18-12-28-9-7-14(18)11-30-16-8-10-29-21(32)19(16)22(36)31-17-6-4-5-15(25)20(17)35-23(26)27/h4-7,9,12,23,30H,8,10-11,13H2,1-3H3,(H,29,32)(H,31,36).